The maximum Gasteiger partial charge on any atom is 0.225 e. The number of carbonyl (C=O) groups is 2. The number of nitrogens with zero attached hydrogens (tertiary/aromatic N) is 1. The van der Waals surface area contributed by atoms with E-state index < -0.39 is 0 Å². The molecule has 5 nitrogen and oxygen atoms in total. The first-order valence-corrected chi connectivity index (χ1v) is 7.37. The molecule has 0 heterocycles. The molecule has 3 N–H and O–H groups in total. The average molecular weight is 326 g/mol. The molecule has 1 aromatic rings. The van der Waals surface area contributed by atoms with Crippen molar-refractivity contribution in [3.8, 4) is 0 Å². The molecule has 2 rings (SSSR count). The molecule has 122 valence electrons. The van der Waals surface area contributed by atoms with Crippen LogP contribution in [-0.2, 0) is 16.1 Å². The van der Waals surface area contributed by atoms with Crippen LogP contribution in [-0.4, -0.2) is 28.8 Å². The van der Waals surface area contributed by atoms with Crippen molar-refractivity contribution < 1.29 is 9.59 Å². The van der Waals surface area contributed by atoms with E-state index in [4.69, 9.17) is 5.73 Å². The van der Waals surface area contributed by atoms with Crippen LogP contribution in [0.25, 0.3) is 0 Å². The molecule has 0 spiro atoms. The Kier molecular flexibility index (Phi) is 6.84. The molecule has 1 unspecified atom stereocenters. The maximum atomic E-state index is 11.6. The number of hydrogen-bond acceptors (Lipinski definition) is 3. The third-order valence-corrected chi connectivity index (χ3v) is 3.49. The lowest BCUT2D eigenvalue weighted by atomic mass is 10.1. The molecule has 1 atom stereocenters. The van der Waals surface area contributed by atoms with E-state index in [1.165, 1.54) is 0 Å². The number of benzene rings is 1. The first kappa shape index (κ1) is 18.5. The van der Waals surface area contributed by atoms with Gasteiger partial charge in [0, 0.05) is 37.7 Å². The number of amides is 2. The molecule has 1 aliphatic carbocycles. The summed E-state index contributed by atoms with van der Waals surface area (Å²) in [6, 6.07) is 7.87. The zero-order chi connectivity index (χ0) is 15.4. The molecule has 2 amide bonds. The summed E-state index contributed by atoms with van der Waals surface area (Å²) in [6.45, 7) is 4.05. The Morgan fingerprint density at radius 3 is 2.36 bits per heavy atom. The summed E-state index contributed by atoms with van der Waals surface area (Å²) in [7, 11) is 0. The van der Waals surface area contributed by atoms with Crippen molar-refractivity contribution in [2.75, 3.05) is 5.32 Å². The van der Waals surface area contributed by atoms with Gasteiger partial charge in [0.2, 0.25) is 11.8 Å². The molecule has 0 aromatic heterocycles. The fraction of sp³-hybridized carbons (Fsp3) is 0.500. The van der Waals surface area contributed by atoms with E-state index in [9.17, 15) is 9.59 Å². The van der Waals surface area contributed by atoms with Crippen molar-refractivity contribution in [2.24, 2.45) is 5.73 Å². The Balaban J connectivity index is 0.00000242. The lowest BCUT2D eigenvalue weighted by Crippen LogP contribution is -2.30. The van der Waals surface area contributed by atoms with Crippen molar-refractivity contribution >= 4 is 29.9 Å². The predicted molar refractivity (Wildman–Crippen MR) is 89.8 cm³/mol. The van der Waals surface area contributed by atoms with E-state index in [-0.39, 0.29) is 30.3 Å². The van der Waals surface area contributed by atoms with Gasteiger partial charge in [-0.2, -0.15) is 0 Å². The summed E-state index contributed by atoms with van der Waals surface area (Å²) in [5, 5.41) is 2.81. The van der Waals surface area contributed by atoms with Crippen LogP contribution < -0.4 is 11.1 Å². The van der Waals surface area contributed by atoms with E-state index in [2.05, 4.69) is 5.32 Å². The van der Waals surface area contributed by atoms with Crippen LogP contribution in [0, 0.1) is 0 Å². The van der Waals surface area contributed by atoms with Gasteiger partial charge in [-0.15, -0.1) is 12.4 Å². The van der Waals surface area contributed by atoms with Gasteiger partial charge < -0.3 is 16.0 Å². The summed E-state index contributed by atoms with van der Waals surface area (Å²) < 4.78 is 0. The zero-order valence-electron chi connectivity index (χ0n) is 13.0. The van der Waals surface area contributed by atoms with Gasteiger partial charge in [-0.05, 0) is 37.5 Å². The van der Waals surface area contributed by atoms with Crippen molar-refractivity contribution in [3.63, 3.8) is 0 Å². The Morgan fingerprint density at radius 1 is 1.32 bits per heavy atom. The highest BCUT2D eigenvalue weighted by Crippen LogP contribution is 2.28. The maximum absolute atomic E-state index is 11.6. The second-order valence-electron chi connectivity index (χ2n) is 5.80. The first-order valence-electron chi connectivity index (χ1n) is 7.37. The second-order valence-corrected chi connectivity index (χ2v) is 5.80. The molecule has 1 aromatic carbocycles. The number of anilines is 1. The van der Waals surface area contributed by atoms with Gasteiger partial charge in [-0.1, -0.05) is 12.1 Å². The van der Waals surface area contributed by atoms with Crippen molar-refractivity contribution in [2.45, 2.75) is 51.7 Å². The van der Waals surface area contributed by atoms with Crippen LogP contribution in [0.4, 0.5) is 5.69 Å². The SMILES string of the molecule is CC(=O)N(Cc1ccc(NC(=O)CC(C)N)cc1)C1CC1.Cl. The van der Waals surface area contributed by atoms with Gasteiger partial charge in [0.15, 0.2) is 0 Å². The van der Waals surface area contributed by atoms with Crippen molar-refractivity contribution in [1.29, 1.82) is 0 Å². The van der Waals surface area contributed by atoms with Crippen LogP contribution in [0.1, 0.15) is 38.7 Å². The smallest absolute Gasteiger partial charge is 0.225 e. The Hall–Kier alpha value is -1.59. The van der Waals surface area contributed by atoms with Gasteiger partial charge >= 0.3 is 0 Å². The van der Waals surface area contributed by atoms with Crippen molar-refractivity contribution in [3.05, 3.63) is 29.8 Å². The normalized spacial score (nSPS) is 14.7. The summed E-state index contributed by atoms with van der Waals surface area (Å²) in [5.74, 6) is 0.0351. The minimum Gasteiger partial charge on any atom is -0.336 e. The number of hydrogen-bond donors (Lipinski definition) is 2. The van der Waals surface area contributed by atoms with E-state index >= 15 is 0 Å². The summed E-state index contributed by atoms with van der Waals surface area (Å²) in [6.07, 6.45) is 2.51. The standard InChI is InChI=1S/C16H23N3O2.ClH/c1-11(17)9-16(21)18-14-5-3-13(4-6-14)10-19(12(2)20)15-7-8-15;/h3-6,11,15H,7-10,17H2,1-2H3,(H,18,21);1H. The molecule has 1 aliphatic rings. The molecular formula is C16H24ClN3O2. The third-order valence-electron chi connectivity index (χ3n) is 3.49. The highest BCUT2D eigenvalue weighted by atomic mass is 35.5. The Labute approximate surface area is 137 Å². The van der Waals surface area contributed by atoms with Crippen molar-refractivity contribution in [1.82, 2.24) is 4.90 Å². The van der Waals surface area contributed by atoms with Gasteiger partial charge in [0.1, 0.15) is 0 Å². The Bertz CT molecular complexity index is 513. The molecule has 1 fully saturated rings. The number of carbonyl (C=O) groups excluding carboxylic acids is 2. The van der Waals surface area contributed by atoms with Crippen LogP contribution in [0.15, 0.2) is 24.3 Å². The largest absolute Gasteiger partial charge is 0.336 e. The Morgan fingerprint density at radius 2 is 1.91 bits per heavy atom. The minimum absolute atomic E-state index is 0. The van der Waals surface area contributed by atoms with Gasteiger partial charge in [0.25, 0.3) is 0 Å². The fourth-order valence-corrected chi connectivity index (χ4v) is 2.28. The highest BCUT2D eigenvalue weighted by Gasteiger charge is 2.30. The van der Waals surface area contributed by atoms with Crippen LogP contribution in [0.2, 0.25) is 0 Å². The van der Waals surface area contributed by atoms with Crippen LogP contribution >= 0.6 is 12.4 Å². The quantitative estimate of drug-likeness (QED) is 0.842. The molecule has 0 aliphatic heterocycles. The summed E-state index contributed by atoms with van der Waals surface area (Å²) in [4.78, 5) is 25.1. The second kappa shape index (κ2) is 8.15. The third kappa shape index (κ3) is 5.66. The number of nitrogens with one attached hydrogen (secondary N) is 1. The molecular weight excluding hydrogens is 302 g/mol. The molecule has 6 heteroatoms. The van der Waals surface area contributed by atoms with E-state index in [0.29, 0.717) is 19.0 Å². The minimum atomic E-state index is -0.146. The molecule has 0 radical (unpaired) electrons. The summed E-state index contributed by atoms with van der Waals surface area (Å²) >= 11 is 0. The number of halogens is 1. The van der Waals surface area contributed by atoms with E-state index in [1.807, 2.05) is 29.2 Å². The van der Waals surface area contributed by atoms with E-state index in [1.54, 1.807) is 13.8 Å². The average Bonchev–Trinajstić information content (AvgIpc) is 3.20. The molecule has 0 saturated heterocycles. The number of rotatable bonds is 6. The molecule has 0 bridgehead atoms. The monoisotopic (exact) mass is 325 g/mol. The van der Waals surface area contributed by atoms with Crippen LogP contribution in [0.3, 0.4) is 0 Å². The lowest BCUT2D eigenvalue weighted by Gasteiger charge is -2.20. The first-order chi connectivity index (χ1) is 9.95. The lowest BCUT2D eigenvalue weighted by molar-refractivity contribution is -0.130. The molecule has 22 heavy (non-hydrogen) atoms. The predicted octanol–water partition coefficient (Wildman–Crippen LogP) is 2.30. The summed E-state index contributed by atoms with van der Waals surface area (Å²) in [5.41, 5.74) is 7.42. The van der Waals surface area contributed by atoms with Gasteiger partial charge in [0.05, 0.1) is 0 Å². The van der Waals surface area contributed by atoms with Gasteiger partial charge in [-0.3, -0.25) is 9.59 Å². The van der Waals surface area contributed by atoms with Crippen LogP contribution in [0.5, 0.6) is 0 Å². The zero-order valence-corrected chi connectivity index (χ0v) is 13.9. The van der Waals surface area contributed by atoms with Gasteiger partial charge in [-0.25, -0.2) is 0 Å². The topological polar surface area (TPSA) is 75.4 Å². The fourth-order valence-electron chi connectivity index (χ4n) is 2.28. The molecule has 1 saturated carbocycles. The van der Waals surface area contributed by atoms with E-state index in [0.717, 1.165) is 24.1 Å². The number of nitrogens with two attached hydrogens (primary N) is 1. The highest BCUT2D eigenvalue weighted by molar-refractivity contribution is 5.91.